The maximum atomic E-state index is 12.9. The molecule has 1 atom stereocenters. The van der Waals surface area contributed by atoms with Crippen molar-refractivity contribution >= 4 is 11.9 Å². The Bertz CT molecular complexity index is 799. The van der Waals surface area contributed by atoms with Gasteiger partial charge in [0.25, 0.3) is 5.91 Å². The summed E-state index contributed by atoms with van der Waals surface area (Å²) in [5, 5.41) is 9.38. The van der Waals surface area contributed by atoms with Gasteiger partial charge in [0, 0.05) is 17.8 Å². The summed E-state index contributed by atoms with van der Waals surface area (Å²) in [4.78, 5) is 33.3. The molecule has 0 radical (unpaired) electrons. The van der Waals surface area contributed by atoms with Crippen LogP contribution in [0.4, 0.5) is 0 Å². The van der Waals surface area contributed by atoms with Crippen molar-refractivity contribution < 1.29 is 19.4 Å². The molecule has 2 aromatic rings. The summed E-state index contributed by atoms with van der Waals surface area (Å²) in [5.41, 5.74) is 1.69. The van der Waals surface area contributed by atoms with Gasteiger partial charge in [-0.1, -0.05) is 12.1 Å². The lowest BCUT2D eigenvalue weighted by Crippen LogP contribution is -2.48. The van der Waals surface area contributed by atoms with Gasteiger partial charge >= 0.3 is 5.97 Å². The van der Waals surface area contributed by atoms with Crippen LogP contribution in [0.25, 0.3) is 11.4 Å². The van der Waals surface area contributed by atoms with Crippen LogP contribution >= 0.6 is 0 Å². The molecule has 0 saturated carbocycles. The first-order valence-corrected chi connectivity index (χ1v) is 8.26. The number of carbonyl (C=O) groups excluding carboxylic acids is 1. The molecule has 1 saturated heterocycles. The van der Waals surface area contributed by atoms with Crippen molar-refractivity contribution in [3.63, 3.8) is 0 Å². The van der Waals surface area contributed by atoms with Crippen LogP contribution in [-0.4, -0.2) is 51.5 Å². The monoisotopic (exact) mass is 343 g/mol. The number of piperidine rings is 1. The Morgan fingerprint density at radius 2 is 2.16 bits per heavy atom. The number of benzene rings is 1. The minimum Gasteiger partial charge on any atom is -0.497 e. The number of likely N-dealkylation sites (tertiary alicyclic amines) is 1. The van der Waals surface area contributed by atoms with Gasteiger partial charge in [0.05, 0.1) is 7.11 Å². The zero-order chi connectivity index (χ0) is 18.0. The van der Waals surface area contributed by atoms with Crippen molar-refractivity contribution in [1.29, 1.82) is 0 Å². The molecule has 1 fully saturated rings. The fourth-order valence-electron chi connectivity index (χ4n) is 3.14. The predicted octanol–water partition coefficient (Wildman–Crippen LogP) is 2.47. The van der Waals surface area contributed by atoms with E-state index in [0.717, 1.165) is 18.4 Å². The van der Waals surface area contributed by atoms with Gasteiger partial charge in [-0.3, -0.25) is 4.79 Å². The molecule has 1 unspecified atom stereocenters. The first-order valence-electron chi connectivity index (χ1n) is 8.26. The van der Waals surface area contributed by atoms with Crippen LogP contribution in [0.15, 0.2) is 24.3 Å². The van der Waals surface area contributed by atoms with E-state index in [1.807, 2.05) is 24.3 Å². The largest absolute Gasteiger partial charge is 0.497 e. The number of H-pyrrole nitrogens is 1. The molecule has 7 nitrogen and oxygen atoms in total. The summed E-state index contributed by atoms with van der Waals surface area (Å²) in [6.07, 6.45) is 2.10. The summed E-state index contributed by atoms with van der Waals surface area (Å²) >= 11 is 0. The number of ether oxygens (including phenoxy) is 1. The molecule has 0 bridgehead atoms. The Balaban J connectivity index is 1.91. The van der Waals surface area contributed by atoms with Crippen LogP contribution in [0, 0.1) is 6.92 Å². The van der Waals surface area contributed by atoms with Gasteiger partial charge in [-0.2, -0.15) is 0 Å². The minimum absolute atomic E-state index is 0.269. The second-order valence-corrected chi connectivity index (χ2v) is 6.14. The van der Waals surface area contributed by atoms with Crippen LogP contribution in [0.2, 0.25) is 0 Å². The number of carboxylic acids is 1. The predicted molar refractivity (Wildman–Crippen MR) is 91.6 cm³/mol. The number of carboxylic acid groups (broad SMARTS) is 1. The number of methoxy groups -OCH3 is 1. The number of hydrogen-bond acceptors (Lipinski definition) is 4. The van der Waals surface area contributed by atoms with Gasteiger partial charge in [0.15, 0.2) is 0 Å². The zero-order valence-corrected chi connectivity index (χ0v) is 14.3. The number of imidazole rings is 1. The average Bonchev–Trinajstić information content (AvgIpc) is 3.03. The summed E-state index contributed by atoms with van der Waals surface area (Å²) in [7, 11) is 1.59. The SMILES string of the molecule is COc1cccc(-c2nc(C(=O)N3CCCCC3C(=O)O)c(C)[nH]2)c1. The first-order chi connectivity index (χ1) is 12.0. The van der Waals surface area contributed by atoms with E-state index in [9.17, 15) is 14.7 Å². The number of rotatable bonds is 4. The van der Waals surface area contributed by atoms with E-state index in [1.54, 1.807) is 14.0 Å². The molecule has 0 aliphatic carbocycles. The Hall–Kier alpha value is -2.83. The second-order valence-electron chi connectivity index (χ2n) is 6.14. The van der Waals surface area contributed by atoms with Gasteiger partial charge in [0.1, 0.15) is 23.3 Å². The highest BCUT2D eigenvalue weighted by molar-refractivity contribution is 5.96. The third-order valence-corrected chi connectivity index (χ3v) is 4.48. The van der Waals surface area contributed by atoms with Gasteiger partial charge in [-0.05, 0) is 38.3 Å². The molecule has 132 valence electrons. The minimum atomic E-state index is -0.964. The molecule has 1 aromatic carbocycles. The zero-order valence-electron chi connectivity index (χ0n) is 14.3. The van der Waals surface area contributed by atoms with Gasteiger partial charge in [0.2, 0.25) is 0 Å². The van der Waals surface area contributed by atoms with E-state index in [2.05, 4.69) is 9.97 Å². The molecule has 1 aliphatic rings. The fraction of sp³-hybridized carbons (Fsp3) is 0.389. The molecule has 25 heavy (non-hydrogen) atoms. The molecule has 3 rings (SSSR count). The lowest BCUT2D eigenvalue weighted by atomic mass is 10.0. The number of aromatic amines is 1. The molecule has 2 heterocycles. The quantitative estimate of drug-likeness (QED) is 0.889. The fourth-order valence-corrected chi connectivity index (χ4v) is 3.14. The number of aromatic nitrogens is 2. The number of carbonyl (C=O) groups is 2. The van der Waals surface area contributed by atoms with Crippen molar-refractivity contribution in [2.45, 2.75) is 32.2 Å². The van der Waals surface area contributed by atoms with E-state index in [0.29, 0.717) is 30.2 Å². The highest BCUT2D eigenvalue weighted by Gasteiger charge is 2.34. The summed E-state index contributed by atoms with van der Waals surface area (Å²) < 4.78 is 5.21. The molecule has 0 spiro atoms. The number of aliphatic carboxylic acids is 1. The first kappa shape index (κ1) is 17.0. The van der Waals surface area contributed by atoms with Crippen molar-refractivity contribution in [3.05, 3.63) is 35.7 Å². The van der Waals surface area contributed by atoms with E-state index in [-0.39, 0.29) is 11.6 Å². The van der Waals surface area contributed by atoms with E-state index in [1.165, 1.54) is 4.90 Å². The van der Waals surface area contributed by atoms with Crippen molar-refractivity contribution in [2.24, 2.45) is 0 Å². The van der Waals surface area contributed by atoms with Crippen LogP contribution < -0.4 is 4.74 Å². The molecular weight excluding hydrogens is 322 g/mol. The molecule has 1 aromatic heterocycles. The number of amides is 1. The third-order valence-electron chi connectivity index (χ3n) is 4.48. The number of aryl methyl sites for hydroxylation is 1. The van der Waals surface area contributed by atoms with E-state index >= 15 is 0 Å². The van der Waals surface area contributed by atoms with Crippen molar-refractivity contribution in [3.8, 4) is 17.1 Å². The molecule has 1 aliphatic heterocycles. The normalized spacial score (nSPS) is 17.4. The van der Waals surface area contributed by atoms with Crippen LogP contribution in [0.3, 0.4) is 0 Å². The number of hydrogen-bond donors (Lipinski definition) is 2. The smallest absolute Gasteiger partial charge is 0.326 e. The Morgan fingerprint density at radius 3 is 2.88 bits per heavy atom. The highest BCUT2D eigenvalue weighted by atomic mass is 16.5. The topological polar surface area (TPSA) is 95.5 Å². The summed E-state index contributed by atoms with van der Waals surface area (Å²) in [5.74, 6) is -0.0470. The lowest BCUT2D eigenvalue weighted by molar-refractivity contribution is -0.143. The maximum absolute atomic E-state index is 12.9. The highest BCUT2D eigenvalue weighted by Crippen LogP contribution is 2.25. The van der Waals surface area contributed by atoms with Gasteiger partial charge < -0.3 is 19.7 Å². The summed E-state index contributed by atoms with van der Waals surface area (Å²) in [6, 6.07) is 6.59. The summed E-state index contributed by atoms with van der Waals surface area (Å²) in [6.45, 7) is 2.21. The number of nitrogens with zero attached hydrogens (tertiary/aromatic N) is 2. The lowest BCUT2D eigenvalue weighted by Gasteiger charge is -2.32. The molecule has 1 amide bonds. The Kier molecular flexibility index (Phi) is 4.74. The van der Waals surface area contributed by atoms with Crippen LogP contribution in [0.5, 0.6) is 5.75 Å². The van der Waals surface area contributed by atoms with E-state index in [4.69, 9.17) is 4.74 Å². The maximum Gasteiger partial charge on any atom is 0.326 e. The average molecular weight is 343 g/mol. The van der Waals surface area contributed by atoms with Gasteiger partial charge in [-0.15, -0.1) is 0 Å². The number of nitrogens with one attached hydrogen (secondary N) is 1. The van der Waals surface area contributed by atoms with Crippen LogP contribution in [0.1, 0.15) is 35.4 Å². The third kappa shape index (κ3) is 3.35. The van der Waals surface area contributed by atoms with Crippen molar-refractivity contribution in [2.75, 3.05) is 13.7 Å². The standard InChI is InChI=1S/C18H21N3O4/c1-11-15(17(22)21-9-4-3-8-14(21)18(23)24)20-16(19-11)12-6-5-7-13(10-12)25-2/h5-7,10,14H,3-4,8-9H2,1-2H3,(H,19,20)(H,23,24). The van der Waals surface area contributed by atoms with Gasteiger partial charge in [-0.25, -0.2) is 9.78 Å². The molecular formula is C18H21N3O4. The van der Waals surface area contributed by atoms with Crippen LogP contribution in [-0.2, 0) is 4.79 Å². The Labute approximate surface area is 145 Å². The van der Waals surface area contributed by atoms with E-state index < -0.39 is 12.0 Å². The molecule has 7 heteroatoms. The van der Waals surface area contributed by atoms with Crippen molar-refractivity contribution in [1.82, 2.24) is 14.9 Å². The second kappa shape index (κ2) is 6.96. The molecule has 2 N–H and O–H groups in total. The Morgan fingerprint density at radius 1 is 1.36 bits per heavy atom.